The van der Waals surface area contributed by atoms with Gasteiger partial charge in [-0.3, -0.25) is 0 Å². The molecular weight excluding hydrogens is 352 g/mol. The van der Waals surface area contributed by atoms with Gasteiger partial charge in [0.25, 0.3) is 0 Å². The van der Waals surface area contributed by atoms with Crippen molar-refractivity contribution in [3.63, 3.8) is 0 Å². The number of rotatable bonds is 14. The molecule has 1 rings (SSSR count). The highest BCUT2D eigenvalue weighted by molar-refractivity contribution is 6.03. The molecule has 2 atom stereocenters. The first-order valence-electron chi connectivity index (χ1n) is 11.0. The smallest absolute Gasteiger partial charge is 0.339 e. The fourth-order valence-corrected chi connectivity index (χ4v) is 3.41. The van der Waals surface area contributed by atoms with Crippen LogP contribution in [0.15, 0.2) is 24.3 Å². The van der Waals surface area contributed by atoms with Gasteiger partial charge in [-0.1, -0.05) is 78.4 Å². The summed E-state index contributed by atoms with van der Waals surface area (Å²) >= 11 is 0. The highest BCUT2D eigenvalue weighted by Gasteiger charge is 2.24. The highest BCUT2D eigenvalue weighted by atomic mass is 16.5. The van der Waals surface area contributed by atoms with E-state index in [9.17, 15) is 9.59 Å². The van der Waals surface area contributed by atoms with Crippen molar-refractivity contribution in [2.75, 3.05) is 6.61 Å². The molecule has 0 amide bonds. The molecule has 0 radical (unpaired) electrons. The van der Waals surface area contributed by atoms with Crippen molar-refractivity contribution in [3.8, 4) is 0 Å². The van der Waals surface area contributed by atoms with Crippen molar-refractivity contribution in [2.45, 2.75) is 91.6 Å². The van der Waals surface area contributed by atoms with Gasteiger partial charge >= 0.3 is 11.9 Å². The third kappa shape index (κ3) is 8.45. The summed E-state index contributed by atoms with van der Waals surface area (Å²) in [6.07, 6.45) is 9.47. The molecule has 0 aliphatic rings. The Balaban J connectivity index is 2.62. The summed E-state index contributed by atoms with van der Waals surface area (Å²) in [6, 6.07) is 6.77. The van der Waals surface area contributed by atoms with Crippen LogP contribution in [-0.4, -0.2) is 24.6 Å². The zero-order valence-electron chi connectivity index (χ0n) is 18.2. The number of ether oxygens (including phenoxy) is 2. The summed E-state index contributed by atoms with van der Waals surface area (Å²) in [4.78, 5) is 25.2. The van der Waals surface area contributed by atoms with E-state index in [-0.39, 0.29) is 17.2 Å². The number of hydrogen-bond acceptors (Lipinski definition) is 4. The van der Waals surface area contributed by atoms with Crippen molar-refractivity contribution in [2.24, 2.45) is 5.92 Å². The molecule has 4 heteroatoms. The van der Waals surface area contributed by atoms with E-state index in [1.165, 1.54) is 25.7 Å². The monoisotopic (exact) mass is 390 g/mol. The number of unbranched alkanes of at least 4 members (excludes halogenated alkanes) is 5. The fraction of sp³-hybridized carbons (Fsp3) is 0.667. The Bertz CT molecular complexity index is 582. The minimum atomic E-state index is -0.448. The highest BCUT2D eigenvalue weighted by Crippen LogP contribution is 2.20. The molecule has 1 aromatic rings. The van der Waals surface area contributed by atoms with Crippen molar-refractivity contribution >= 4 is 11.9 Å². The first-order valence-corrected chi connectivity index (χ1v) is 11.0. The standard InChI is InChI=1S/C24H38O4/c1-5-8-9-10-11-14-18-27-23(25)20-16-12-13-17-21(20)24(26)28-22(7-3)19(4)15-6-2/h12-13,16-17,19,22H,5-11,14-15,18H2,1-4H3. The summed E-state index contributed by atoms with van der Waals surface area (Å²) in [5.74, 6) is -0.594. The lowest BCUT2D eigenvalue weighted by molar-refractivity contribution is 0.0132. The van der Waals surface area contributed by atoms with Gasteiger partial charge in [0, 0.05) is 0 Å². The lowest BCUT2D eigenvalue weighted by Gasteiger charge is -2.23. The Labute approximate surface area is 171 Å². The van der Waals surface area contributed by atoms with Gasteiger partial charge in [0.15, 0.2) is 0 Å². The molecule has 2 unspecified atom stereocenters. The predicted molar refractivity (Wildman–Crippen MR) is 114 cm³/mol. The lowest BCUT2D eigenvalue weighted by atomic mass is 9.97. The second-order valence-electron chi connectivity index (χ2n) is 7.57. The zero-order chi connectivity index (χ0) is 20.8. The van der Waals surface area contributed by atoms with E-state index in [0.717, 1.165) is 32.1 Å². The summed E-state index contributed by atoms with van der Waals surface area (Å²) in [6.45, 7) is 8.83. The molecule has 0 fully saturated rings. The molecular formula is C24H38O4. The number of carbonyl (C=O) groups excluding carboxylic acids is 2. The van der Waals surface area contributed by atoms with Gasteiger partial charge < -0.3 is 9.47 Å². The fourth-order valence-electron chi connectivity index (χ4n) is 3.41. The summed E-state index contributed by atoms with van der Waals surface area (Å²) in [7, 11) is 0. The number of benzene rings is 1. The van der Waals surface area contributed by atoms with Crippen LogP contribution in [0.25, 0.3) is 0 Å². The normalized spacial score (nSPS) is 13.0. The Kier molecular flexibility index (Phi) is 12.3. The minimum Gasteiger partial charge on any atom is -0.462 e. The average Bonchev–Trinajstić information content (AvgIpc) is 2.71. The van der Waals surface area contributed by atoms with Crippen molar-refractivity contribution < 1.29 is 19.1 Å². The van der Waals surface area contributed by atoms with Gasteiger partial charge in [0.05, 0.1) is 17.7 Å². The van der Waals surface area contributed by atoms with Crippen molar-refractivity contribution in [1.29, 1.82) is 0 Å². The maximum atomic E-state index is 12.7. The topological polar surface area (TPSA) is 52.6 Å². The first-order chi connectivity index (χ1) is 13.5. The Morgan fingerprint density at radius 1 is 0.857 bits per heavy atom. The molecule has 4 nitrogen and oxygen atoms in total. The van der Waals surface area contributed by atoms with E-state index in [1.54, 1.807) is 24.3 Å². The maximum absolute atomic E-state index is 12.7. The molecule has 158 valence electrons. The van der Waals surface area contributed by atoms with Crippen molar-refractivity contribution in [1.82, 2.24) is 0 Å². The van der Waals surface area contributed by atoms with E-state index in [2.05, 4.69) is 20.8 Å². The molecule has 0 heterocycles. The van der Waals surface area contributed by atoms with Gasteiger partial charge in [0.1, 0.15) is 6.10 Å². The number of carbonyl (C=O) groups is 2. The van der Waals surface area contributed by atoms with Gasteiger partial charge in [-0.05, 0) is 37.3 Å². The SMILES string of the molecule is CCCCCCCCOC(=O)c1ccccc1C(=O)OC(CC)C(C)CCC. The maximum Gasteiger partial charge on any atom is 0.339 e. The molecule has 28 heavy (non-hydrogen) atoms. The van der Waals surface area contributed by atoms with E-state index in [1.807, 2.05) is 6.92 Å². The molecule has 0 saturated heterocycles. The van der Waals surface area contributed by atoms with E-state index >= 15 is 0 Å². The molecule has 0 aliphatic carbocycles. The second kappa shape index (κ2) is 14.2. The van der Waals surface area contributed by atoms with Crippen LogP contribution in [0.3, 0.4) is 0 Å². The van der Waals surface area contributed by atoms with Crippen LogP contribution >= 0.6 is 0 Å². The molecule has 1 aromatic carbocycles. The van der Waals surface area contributed by atoms with Gasteiger partial charge in [-0.15, -0.1) is 0 Å². The largest absolute Gasteiger partial charge is 0.462 e. The van der Waals surface area contributed by atoms with Crippen LogP contribution < -0.4 is 0 Å². The van der Waals surface area contributed by atoms with Crippen LogP contribution in [-0.2, 0) is 9.47 Å². The van der Waals surface area contributed by atoms with E-state index in [4.69, 9.17) is 9.47 Å². The van der Waals surface area contributed by atoms with Crippen molar-refractivity contribution in [3.05, 3.63) is 35.4 Å². The van der Waals surface area contributed by atoms with Crippen LogP contribution in [0.4, 0.5) is 0 Å². The summed E-state index contributed by atoms with van der Waals surface area (Å²) in [5.41, 5.74) is 0.578. The van der Waals surface area contributed by atoms with Crippen LogP contribution in [0.2, 0.25) is 0 Å². The Hall–Kier alpha value is -1.84. The molecule has 0 aromatic heterocycles. The first kappa shape index (κ1) is 24.2. The van der Waals surface area contributed by atoms with E-state index < -0.39 is 11.9 Å². The Morgan fingerprint density at radius 3 is 2.07 bits per heavy atom. The van der Waals surface area contributed by atoms with E-state index in [0.29, 0.717) is 12.5 Å². The van der Waals surface area contributed by atoms with Crippen LogP contribution in [0, 0.1) is 5.92 Å². The van der Waals surface area contributed by atoms with Gasteiger partial charge in [0.2, 0.25) is 0 Å². The van der Waals surface area contributed by atoms with Crippen LogP contribution in [0.1, 0.15) is 106 Å². The Morgan fingerprint density at radius 2 is 1.46 bits per heavy atom. The van der Waals surface area contributed by atoms with Crippen LogP contribution in [0.5, 0.6) is 0 Å². The number of esters is 2. The van der Waals surface area contributed by atoms with Gasteiger partial charge in [-0.25, -0.2) is 9.59 Å². The van der Waals surface area contributed by atoms with Gasteiger partial charge in [-0.2, -0.15) is 0 Å². The predicted octanol–water partition coefficient (Wildman–Crippen LogP) is 6.58. The summed E-state index contributed by atoms with van der Waals surface area (Å²) in [5, 5.41) is 0. The number of hydrogen-bond donors (Lipinski definition) is 0. The molecule has 0 saturated carbocycles. The average molecular weight is 391 g/mol. The molecule has 0 bridgehead atoms. The quantitative estimate of drug-likeness (QED) is 0.266. The third-order valence-corrected chi connectivity index (χ3v) is 5.14. The zero-order valence-corrected chi connectivity index (χ0v) is 18.2. The second-order valence-corrected chi connectivity index (χ2v) is 7.57. The molecule has 0 spiro atoms. The lowest BCUT2D eigenvalue weighted by Crippen LogP contribution is -2.26. The third-order valence-electron chi connectivity index (χ3n) is 5.14. The molecule has 0 N–H and O–H groups in total. The minimum absolute atomic E-state index is 0.139. The summed E-state index contributed by atoms with van der Waals surface area (Å²) < 4.78 is 11.1. The molecule has 0 aliphatic heterocycles.